The van der Waals surface area contributed by atoms with Crippen LogP contribution in [0.4, 0.5) is 0 Å². The molecule has 0 radical (unpaired) electrons. The molecule has 21 heavy (non-hydrogen) atoms. The van der Waals surface area contributed by atoms with Crippen LogP contribution >= 0.6 is 34.8 Å². The van der Waals surface area contributed by atoms with Crippen LogP contribution in [0, 0.1) is 6.92 Å². The predicted octanol–water partition coefficient (Wildman–Crippen LogP) is 5.21. The Morgan fingerprint density at radius 2 is 1.81 bits per heavy atom. The summed E-state index contributed by atoms with van der Waals surface area (Å²) in [6, 6.07) is 7.35. The number of hydrogen-bond acceptors (Lipinski definition) is 2. The molecular formula is C15H11Cl3N2O. The Hall–Kier alpha value is -1.42. The van der Waals surface area contributed by atoms with Gasteiger partial charge in [-0.25, -0.2) is 4.98 Å². The average Bonchev–Trinajstić information content (AvgIpc) is 2.74. The second kappa shape index (κ2) is 5.09. The van der Waals surface area contributed by atoms with Gasteiger partial charge in [0.1, 0.15) is 11.6 Å². The fourth-order valence-electron chi connectivity index (χ4n) is 2.32. The van der Waals surface area contributed by atoms with Crippen molar-refractivity contribution in [1.29, 1.82) is 0 Å². The number of phenols is 1. The van der Waals surface area contributed by atoms with Gasteiger partial charge in [0.15, 0.2) is 0 Å². The third-order valence-corrected chi connectivity index (χ3v) is 4.48. The van der Waals surface area contributed by atoms with E-state index in [-0.39, 0.29) is 20.8 Å². The van der Waals surface area contributed by atoms with Crippen molar-refractivity contribution in [2.45, 2.75) is 6.92 Å². The highest BCUT2D eigenvalue weighted by molar-refractivity contribution is 6.45. The number of aromatic hydroxyl groups is 1. The molecule has 0 atom stereocenters. The SMILES string of the molecule is Cc1ccc2c(c1)nc(-c1c(O)c(Cl)cc(Cl)c1Cl)n2C. The molecule has 0 aliphatic carbocycles. The second-order valence-electron chi connectivity index (χ2n) is 4.86. The van der Waals surface area contributed by atoms with Gasteiger partial charge in [0.25, 0.3) is 0 Å². The van der Waals surface area contributed by atoms with Crippen LogP contribution in [0.1, 0.15) is 5.56 Å². The Morgan fingerprint density at radius 3 is 2.52 bits per heavy atom. The molecule has 0 aliphatic rings. The van der Waals surface area contributed by atoms with Crippen LogP contribution in [-0.4, -0.2) is 14.7 Å². The average molecular weight is 342 g/mol. The molecule has 0 amide bonds. The van der Waals surface area contributed by atoms with E-state index >= 15 is 0 Å². The maximum Gasteiger partial charge on any atom is 0.146 e. The van der Waals surface area contributed by atoms with E-state index in [9.17, 15) is 5.11 Å². The van der Waals surface area contributed by atoms with E-state index in [1.807, 2.05) is 36.7 Å². The lowest BCUT2D eigenvalue weighted by Crippen LogP contribution is -1.94. The summed E-state index contributed by atoms with van der Waals surface area (Å²) in [6.07, 6.45) is 0. The lowest BCUT2D eigenvalue weighted by molar-refractivity contribution is 0.477. The van der Waals surface area contributed by atoms with Gasteiger partial charge in [-0.2, -0.15) is 0 Å². The Kier molecular flexibility index (Phi) is 3.52. The summed E-state index contributed by atoms with van der Waals surface area (Å²) in [5, 5.41) is 10.9. The predicted molar refractivity (Wildman–Crippen MR) is 87.6 cm³/mol. The van der Waals surface area contributed by atoms with Crippen molar-refractivity contribution in [1.82, 2.24) is 9.55 Å². The fraction of sp³-hybridized carbons (Fsp3) is 0.133. The molecule has 108 valence electrons. The van der Waals surface area contributed by atoms with Crippen molar-refractivity contribution >= 4 is 45.8 Å². The summed E-state index contributed by atoms with van der Waals surface area (Å²) >= 11 is 18.3. The molecule has 3 rings (SSSR count). The van der Waals surface area contributed by atoms with Crippen molar-refractivity contribution in [2.75, 3.05) is 0 Å². The van der Waals surface area contributed by atoms with Crippen molar-refractivity contribution in [2.24, 2.45) is 7.05 Å². The third-order valence-electron chi connectivity index (χ3n) is 3.41. The molecule has 0 fully saturated rings. The number of hydrogen-bond donors (Lipinski definition) is 1. The number of fused-ring (bicyclic) bond motifs is 1. The third kappa shape index (κ3) is 2.26. The van der Waals surface area contributed by atoms with Crippen LogP contribution in [0.25, 0.3) is 22.4 Å². The van der Waals surface area contributed by atoms with E-state index in [2.05, 4.69) is 4.98 Å². The van der Waals surface area contributed by atoms with Crippen LogP contribution in [-0.2, 0) is 7.05 Å². The Balaban J connectivity index is 2.38. The highest BCUT2D eigenvalue weighted by Gasteiger charge is 2.21. The first-order chi connectivity index (χ1) is 9.90. The van der Waals surface area contributed by atoms with Crippen LogP contribution in [0.2, 0.25) is 15.1 Å². The minimum atomic E-state index is -0.124. The molecule has 0 saturated carbocycles. The summed E-state index contributed by atoms with van der Waals surface area (Å²) in [5.74, 6) is 0.392. The van der Waals surface area contributed by atoms with E-state index in [4.69, 9.17) is 34.8 Å². The van der Waals surface area contributed by atoms with E-state index in [1.165, 1.54) is 6.07 Å². The minimum Gasteiger partial charge on any atom is -0.506 e. The monoisotopic (exact) mass is 340 g/mol. The van der Waals surface area contributed by atoms with Gasteiger partial charge in [0, 0.05) is 7.05 Å². The second-order valence-corrected chi connectivity index (χ2v) is 6.06. The van der Waals surface area contributed by atoms with Crippen molar-refractivity contribution < 1.29 is 5.11 Å². The molecule has 1 N–H and O–H groups in total. The first kappa shape index (κ1) is 14.5. The van der Waals surface area contributed by atoms with Crippen LogP contribution in [0.3, 0.4) is 0 Å². The standard InChI is InChI=1S/C15H11Cl3N2O/c1-7-3-4-11-10(5-7)19-15(20(11)2)12-13(18)8(16)6-9(17)14(12)21/h3-6,21H,1-2H3. The summed E-state index contributed by atoms with van der Waals surface area (Å²) in [4.78, 5) is 4.55. The number of halogens is 3. The largest absolute Gasteiger partial charge is 0.506 e. The summed E-state index contributed by atoms with van der Waals surface area (Å²) in [6.45, 7) is 1.99. The van der Waals surface area contributed by atoms with Gasteiger partial charge < -0.3 is 9.67 Å². The first-order valence-electron chi connectivity index (χ1n) is 6.20. The van der Waals surface area contributed by atoms with E-state index in [0.29, 0.717) is 11.4 Å². The maximum atomic E-state index is 10.2. The van der Waals surface area contributed by atoms with Crippen molar-refractivity contribution in [3.8, 4) is 17.1 Å². The summed E-state index contributed by atoms with van der Waals surface area (Å²) < 4.78 is 1.85. The lowest BCUT2D eigenvalue weighted by Gasteiger charge is -2.10. The molecule has 1 heterocycles. The number of aryl methyl sites for hydroxylation is 2. The highest BCUT2D eigenvalue weighted by atomic mass is 35.5. The van der Waals surface area contributed by atoms with Gasteiger partial charge in [-0.1, -0.05) is 40.9 Å². The normalized spacial score (nSPS) is 11.3. The highest BCUT2D eigenvalue weighted by Crippen LogP contribution is 2.44. The first-order valence-corrected chi connectivity index (χ1v) is 7.33. The minimum absolute atomic E-state index is 0.124. The zero-order valence-corrected chi connectivity index (χ0v) is 13.6. The van der Waals surface area contributed by atoms with Crippen molar-refractivity contribution in [3.05, 3.63) is 44.9 Å². The molecular weight excluding hydrogens is 331 g/mol. The molecule has 0 spiro atoms. The fourth-order valence-corrected chi connectivity index (χ4v) is 3.01. The van der Waals surface area contributed by atoms with E-state index < -0.39 is 0 Å². The summed E-state index contributed by atoms with van der Waals surface area (Å²) in [7, 11) is 1.85. The number of aromatic nitrogens is 2. The number of imidazole rings is 1. The van der Waals surface area contributed by atoms with Crippen molar-refractivity contribution in [3.63, 3.8) is 0 Å². The van der Waals surface area contributed by atoms with E-state index in [1.54, 1.807) is 0 Å². The quantitative estimate of drug-likeness (QED) is 0.617. The smallest absolute Gasteiger partial charge is 0.146 e. The molecule has 3 aromatic rings. The molecule has 0 bridgehead atoms. The molecule has 3 nitrogen and oxygen atoms in total. The van der Waals surface area contributed by atoms with Crippen LogP contribution in [0.5, 0.6) is 5.75 Å². The van der Waals surface area contributed by atoms with Gasteiger partial charge in [-0.05, 0) is 30.7 Å². The van der Waals surface area contributed by atoms with Gasteiger partial charge in [0.2, 0.25) is 0 Å². The molecule has 0 saturated heterocycles. The molecule has 2 aromatic carbocycles. The maximum absolute atomic E-state index is 10.2. The van der Waals surface area contributed by atoms with Gasteiger partial charge in [-0.3, -0.25) is 0 Å². The molecule has 0 aliphatic heterocycles. The van der Waals surface area contributed by atoms with Gasteiger partial charge in [-0.15, -0.1) is 0 Å². The number of nitrogens with zero attached hydrogens (tertiary/aromatic N) is 2. The number of phenolic OH excluding ortho intramolecular Hbond substituents is 1. The lowest BCUT2D eigenvalue weighted by atomic mass is 10.2. The molecule has 6 heteroatoms. The zero-order valence-electron chi connectivity index (χ0n) is 11.3. The number of rotatable bonds is 1. The summed E-state index contributed by atoms with van der Waals surface area (Å²) in [5.41, 5.74) is 3.19. The van der Waals surface area contributed by atoms with Crippen LogP contribution < -0.4 is 0 Å². The number of benzene rings is 2. The Morgan fingerprint density at radius 1 is 1.10 bits per heavy atom. The Bertz CT molecular complexity index is 845. The molecule has 0 unspecified atom stereocenters. The van der Waals surface area contributed by atoms with Crippen LogP contribution in [0.15, 0.2) is 24.3 Å². The molecule has 1 aromatic heterocycles. The van der Waals surface area contributed by atoms with Gasteiger partial charge in [0.05, 0.1) is 31.7 Å². The van der Waals surface area contributed by atoms with E-state index in [0.717, 1.165) is 16.6 Å². The zero-order chi connectivity index (χ0) is 15.3. The topological polar surface area (TPSA) is 38.1 Å². The van der Waals surface area contributed by atoms with Gasteiger partial charge >= 0.3 is 0 Å². The Labute approximate surface area is 136 Å².